The first-order valence-corrected chi connectivity index (χ1v) is 4.18. The number of hydrogen-bond acceptors (Lipinski definition) is 2. The van der Waals surface area contributed by atoms with Crippen molar-refractivity contribution in [2.45, 2.75) is 26.7 Å². The second-order valence-electron chi connectivity index (χ2n) is 3.33. The minimum Gasteiger partial charge on any atom is -0.345 e. The van der Waals surface area contributed by atoms with Crippen LogP contribution in [-0.4, -0.2) is 24.4 Å². The van der Waals surface area contributed by atoms with Gasteiger partial charge in [0, 0.05) is 13.6 Å². The standard InChI is InChI=1S/C9H16N2O/c1-8(2)5-7-11(3)9(12)4-6-10/h8H,4-5,7H2,1-3H3. The average molecular weight is 168 g/mol. The number of nitriles is 1. The Morgan fingerprint density at radius 3 is 2.58 bits per heavy atom. The molecule has 0 saturated carbocycles. The summed E-state index contributed by atoms with van der Waals surface area (Å²) < 4.78 is 0. The van der Waals surface area contributed by atoms with Crippen LogP contribution in [0.25, 0.3) is 0 Å². The number of carbonyl (C=O) groups is 1. The fourth-order valence-electron chi connectivity index (χ4n) is 0.779. The Labute approximate surface area is 74.0 Å². The van der Waals surface area contributed by atoms with Crippen molar-refractivity contribution in [2.24, 2.45) is 5.92 Å². The molecular formula is C9H16N2O. The quantitative estimate of drug-likeness (QED) is 0.637. The summed E-state index contributed by atoms with van der Waals surface area (Å²) in [5, 5.41) is 8.27. The van der Waals surface area contributed by atoms with Crippen LogP contribution in [-0.2, 0) is 4.79 Å². The van der Waals surface area contributed by atoms with E-state index in [1.807, 2.05) is 6.07 Å². The monoisotopic (exact) mass is 168 g/mol. The number of amides is 1. The molecule has 0 fully saturated rings. The summed E-state index contributed by atoms with van der Waals surface area (Å²) in [5.41, 5.74) is 0. The van der Waals surface area contributed by atoms with Crippen LogP contribution in [0.5, 0.6) is 0 Å². The molecule has 0 saturated heterocycles. The molecule has 0 aromatic rings. The smallest absolute Gasteiger partial charge is 0.236 e. The summed E-state index contributed by atoms with van der Waals surface area (Å²) >= 11 is 0. The van der Waals surface area contributed by atoms with Gasteiger partial charge in [0.1, 0.15) is 6.42 Å². The molecule has 68 valence electrons. The normalized spacial score (nSPS) is 9.58. The van der Waals surface area contributed by atoms with Crippen LogP contribution in [0, 0.1) is 17.2 Å². The van der Waals surface area contributed by atoms with E-state index in [-0.39, 0.29) is 12.3 Å². The molecule has 3 nitrogen and oxygen atoms in total. The van der Waals surface area contributed by atoms with E-state index in [2.05, 4.69) is 13.8 Å². The lowest BCUT2D eigenvalue weighted by molar-refractivity contribution is -0.128. The zero-order chi connectivity index (χ0) is 9.56. The van der Waals surface area contributed by atoms with Crippen molar-refractivity contribution in [3.05, 3.63) is 0 Å². The minimum atomic E-state index is -0.0850. The SMILES string of the molecule is CC(C)CCN(C)C(=O)CC#N. The summed E-state index contributed by atoms with van der Waals surface area (Å²) in [6, 6.07) is 1.84. The summed E-state index contributed by atoms with van der Waals surface area (Å²) in [4.78, 5) is 12.7. The second kappa shape index (κ2) is 5.59. The van der Waals surface area contributed by atoms with E-state index < -0.39 is 0 Å². The Bertz CT molecular complexity index is 181. The molecule has 0 aliphatic carbocycles. The lowest BCUT2D eigenvalue weighted by Gasteiger charge is -2.16. The first kappa shape index (κ1) is 11.0. The molecule has 0 unspecified atom stereocenters. The fraction of sp³-hybridized carbons (Fsp3) is 0.778. The first-order chi connectivity index (χ1) is 5.57. The van der Waals surface area contributed by atoms with E-state index in [1.54, 1.807) is 11.9 Å². The lowest BCUT2D eigenvalue weighted by Crippen LogP contribution is -2.27. The molecule has 0 N–H and O–H groups in total. The molecule has 0 spiro atoms. The van der Waals surface area contributed by atoms with Gasteiger partial charge in [0.25, 0.3) is 0 Å². The Balaban J connectivity index is 3.65. The summed E-state index contributed by atoms with van der Waals surface area (Å²) in [6.45, 7) is 4.98. The molecule has 1 amide bonds. The van der Waals surface area contributed by atoms with Crippen LogP contribution < -0.4 is 0 Å². The van der Waals surface area contributed by atoms with E-state index in [0.717, 1.165) is 13.0 Å². The second-order valence-corrected chi connectivity index (χ2v) is 3.33. The minimum absolute atomic E-state index is 0.00536. The third-order valence-corrected chi connectivity index (χ3v) is 1.70. The van der Waals surface area contributed by atoms with Gasteiger partial charge in [-0.1, -0.05) is 13.8 Å². The van der Waals surface area contributed by atoms with Gasteiger partial charge in [-0.15, -0.1) is 0 Å². The van der Waals surface area contributed by atoms with Crippen LogP contribution in [0.3, 0.4) is 0 Å². The number of hydrogen-bond donors (Lipinski definition) is 0. The number of nitrogens with zero attached hydrogens (tertiary/aromatic N) is 2. The van der Waals surface area contributed by atoms with Gasteiger partial charge in [-0.25, -0.2) is 0 Å². The molecule has 0 aromatic heterocycles. The molecule has 0 aromatic carbocycles. The maximum atomic E-state index is 11.1. The Morgan fingerprint density at radius 1 is 1.58 bits per heavy atom. The van der Waals surface area contributed by atoms with Crippen molar-refractivity contribution in [3.63, 3.8) is 0 Å². The maximum absolute atomic E-state index is 11.1. The highest BCUT2D eigenvalue weighted by Crippen LogP contribution is 2.01. The van der Waals surface area contributed by atoms with Crippen molar-refractivity contribution in [3.8, 4) is 6.07 Å². The molecule has 12 heavy (non-hydrogen) atoms. The van der Waals surface area contributed by atoms with Crippen molar-refractivity contribution in [1.82, 2.24) is 4.90 Å². The zero-order valence-corrected chi connectivity index (χ0v) is 8.00. The van der Waals surface area contributed by atoms with E-state index in [1.165, 1.54) is 0 Å². The Hall–Kier alpha value is -1.04. The zero-order valence-electron chi connectivity index (χ0n) is 8.00. The van der Waals surface area contributed by atoms with Crippen molar-refractivity contribution < 1.29 is 4.79 Å². The van der Waals surface area contributed by atoms with Crippen LogP contribution in [0.2, 0.25) is 0 Å². The van der Waals surface area contributed by atoms with Gasteiger partial charge in [0.2, 0.25) is 5.91 Å². The van der Waals surface area contributed by atoms with Crippen LogP contribution >= 0.6 is 0 Å². The van der Waals surface area contributed by atoms with Crippen molar-refractivity contribution >= 4 is 5.91 Å². The van der Waals surface area contributed by atoms with E-state index in [9.17, 15) is 4.79 Å². The highest BCUT2D eigenvalue weighted by atomic mass is 16.2. The third-order valence-electron chi connectivity index (χ3n) is 1.70. The highest BCUT2D eigenvalue weighted by molar-refractivity contribution is 5.77. The molecule has 0 aliphatic rings. The van der Waals surface area contributed by atoms with E-state index in [4.69, 9.17) is 5.26 Å². The van der Waals surface area contributed by atoms with E-state index >= 15 is 0 Å². The van der Waals surface area contributed by atoms with Gasteiger partial charge in [0.05, 0.1) is 6.07 Å². The number of rotatable bonds is 4. The van der Waals surface area contributed by atoms with Crippen LogP contribution in [0.1, 0.15) is 26.7 Å². The molecule has 0 heterocycles. The highest BCUT2D eigenvalue weighted by Gasteiger charge is 2.07. The summed E-state index contributed by atoms with van der Waals surface area (Å²) in [5.74, 6) is 0.514. The van der Waals surface area contributed by atoms with Gasteiger partial charge in [-0.2, -0.15) is 5.26 Å². The Kier molecular flexibility index (Phi) is 5.11. The topological polar surface area (TPSA) is 44.1 Å². The third kappa shape index (κ3) is 4.73. The van der Waals surface area contributed by atoms with Gasteiger partial charge in [-0.05, 0) is 12.3 Å². The predicted octanol–water partition coefficient (Wildman–Crippen LogP) is 1.40. The van der Waals surface area contributed by atoms with Gasteiger partial charge < -0.3 is 4.90 Å². The molecule has 0 atom stereocenters. The van der Waals surface area contributed by atoms with Gasteiger partial charge in [-0.3, -0.25) is 4.79 Å². The molecule has 0 radical (unpaired) electrons. The van der Waals surface area contributed by atoms with Gasteiger partial charge in [0.15, 0.2) is 0 Å². The summed E-state index contributed by atoms with van der Waals surface area (Å²) in [7, 11) is 1.74. The van der Waals surface area contributed by atoms with E-state index in [0.29, 0.717) is 5.92 Å². The molecule has 0 aliphatic heterocycles. The first-order valence-electron chi connectivity index (χ1n) is 4.18. The van der Waals surface area contributed by atoms with Crippen LogP contribution in [0.4, 0.5) is 0 Å². The Morgan fingerprint density at radius 2 is 2.17 bits per heavy atom. The van der Waals surface area contributed by atoms with Gasteiger partial charge >= 0.3 is 0 Å². The average Bonchev–Trinajstić information content (AvgIpc) is 2.00. The largest absolute Gasteiger partial charge is 0.345 e. The van der Waals surface area contributed by atoms with Crippen molar-refractivity contribution in [1.29, 1.82) is 5.26 Å². The van der Waals surface area contributed by atoms with Crippen molar-refractivity contribution in [2.75, 3.05) is 13.6 Å². The predicted molar refractivity (Wildman–Crippen MR) is 47.3 cm³/mol. The van der Waals surface area contributed by atoms with Crippen LogP contribution in [0.15, 0.2) is 0 Å². The summed E-state index contributed by atoms with van der Waals surface area (Å²) in [6.07, 6.45) is 0.988. The molecule has 0 rings (SSSR count). The fourth-order valence-corrected chi connectivity index (χ4v) is 0.779. The maximum Gasteiger partial charge on any atom is 0.236 e. The molecule has 0 bridgehead atoms. The number of carbonyl (C=O) groups excluding carboxylic acids is 1. The lowest BCUT2D eigenvalue weighted by atomic mass is 10.1. The molecular weight excluding hydrogens is 152 g/mol. The molecule has 3 heteroatoms.